The van der Waals surface area contributed by atoms with E-state index in [4.69, 9.17) is 0 Å². The molecule has 0 saturated carbocycles. The molecule has 0 aromatic heterocycles. The lowest BCUT2D eigenvalue weighted by atomic mass is 10.1. The molecule has 0 aliphatic carbocycles. The molecule has 1 atom stereocenters. The first kappa shape index (κ1) is 18.9. The van der Waals surface area contributed by atoms with Gasteiger partial charge in [0.25, 0.3) is 0 Å². The molecule has 0 bridgehead atoms. The van der Waals surface area contributed by atoms with E-state index >= 15 is 0 Å². The Kier molecular flexibility index (Phi) is 15.9. The normalized spacial score (nSPS) is 12.8. The van der Waals surface area contributed by atoms with Gasteiger partial charge >= 0.3 is 0 Å². The van der Waals surface area contributed by atoms with Crippen LogP contribution in [-0.2, 0) is 0 Å². The van der Waals surface area contributed by atoms with Crippen LogP contribution in [0.4, 0.5) is 0 Å². The van der Waals surface area contributed by atoms with Crippen molar-refractivity contribution in [2.24, 2.45) is 0 Å². The van der Waals surface area contributed by atoms with Gasteiger partial charge in [-0.1, -0.05) is 78.1 Å². The zero-order valence-electron chi connectivity index (χ0n) is 13.5. The summed E-state index contributed by atoms with van der Waals surface area (Å²) >= 11 is 0. The summed E-state index contributed by atoms with van der Waals surface area (Å²) in [5, 5.41) is 11.8. The third kappa shape index (κ3) is 15.9. The predicted octanol–water partition coefficient (Wildman–Crippen LogP) is 4.48. The summed E-state index contributed by atoms with van der Waals surface area (Å²) in [7, 11) is 0. The number of nitrogens with one attached hydrogen (secondary N) is 1. The Labute approximate surface area is 121 Å². The molecule has 1 unspecified atom stereocenters. The molecule has 2 heteroatoms. The maximum absolute atomic E-state index is 11.3. The van der Waals surface area contributed by atoms with Gasteiger partial charge in [-0.25, -0.2) is 0 Å². The van der Waals surface area contributed by atoms with Crippen molar-refractivity contribution < 1.29 is 5.06 Å². The molecule has 0 aromatic rings. The molecule has 0 aliphatic heterocycles. The van der Waals surface area contributed by atoms with Crippen LogP contribution in [-0.4, -0.2) is 13.1 Å². The molecule has 0 heterocycles. The third-order valence-electron chi connectivity index (χ3n) is 3.84. The molecule has 1 N–H and O–H groups in total. The molecule has 116 valence electrons. The van der Waals surface area contributed by atoms with Gasteiger partial charge < -0.3 is 10.3 Å². The highest BCUT2D eigenvalue weighted by Gasteiger charge is 1.96. The number of hydrogen-bond acceptors (Lipinski definition) is 1. The number of hydrogen-bond donors (Lipinski definition) is 1. The summed E-state index contributed by atoms with van der Waals surface area (Å²) in [6.07, 6.45) is 17.4. The molecular formula is C17H37NO. The Balaban J connectivity index is 2.99. The van der Waals surface area contributed by atoms with Crippen LogP contribution in [0.5, 0.6) is 0 Å². The number of hydroxylamine groups is 2. The van der Waals surface area contributed by atoms with Crippen LogP contribution in [0.15, 0.2) is 0 Å². The van der Waals surface area contributed by atoms with Gasteiger partial charge in [0.1, 0.15) is 0 Å². The fraction of sp³-hybridized carbons (Fsp3) is 1.00. The van der Waals surface area contributed by atoms with Crippen molar-refractivity contribution in [2.75, 3.05) is 13.1 Å². The Hall–Kier alpha value is -0.0800. The van der Waals surface area contributed by atoms with Crippen LogP contribution in [0.3, 0.4) is 0 Å². The lowest BCUT2D eigenvalue weighted by Crippen LogP contribution is -3.07. The Bertz CT molecular complexity index is 161. The summed E-state index contributed by atoms with van der Waals surface area (Å²) in [5.74, 6) is 0. The van der Waals surface area contributed by atoms with Crippen LogP contribution < -0.4 is 5.06 Å². The van der Waals surface area contributed by atoms with E-state index in [9.17, 15) is 5.21 Å². The monoisotopic (exact) mass is 271 g/mol. The van der Waals surface area contributed by atoms with Crippen LogP contribution in [0.25, 0.3) is 0 Å². The molecule has 0 rings (SSSR count). The average Bonchev–Trinajstić information content (AvgIpc) is 2.40. The van der Waals surface area contributed by atoms with Gasteiger partial charge in [0.2, 0.25) is 0 Å². The highest BCUT2D eigenvalue weighted by atomic mass is 16.5. The first-order valence-electron chi connectivity index (χ1n) is 8.83. The molecule has 19 heavy (non-hydrogen) atoms. The maximum atomic E-state index is 11.3. The van der Waals surface area contributed by atoms with Crippen molar-refractivity contribution >= 4 is 0 Å². The van der Waals surface area contributed by atoms with E-state index in [0.29, 0.717) is 5.06 Å². The summed E-state index contributed by atoms with van der Waals surface area (Å²) < 4.78 is 0. The van der Waals surface area contributed by atoms with Gasteiger partial charge in [-0.3, -0.25) is 0 Å². The number of rotatable bonds is 15. The van der Waals surface area contributed by atoms with Crippen molar-refractivity contribution in [3.05, 3.63) is 5.21 Å². The molecule has 0 spiro atoms. The minimum absolute atomic E-state index is 0.467. The first-order chi connectivity index (χ1) is 9.31. The highest BCUT2D eigenvalue weighted by molar-refractivity contribution is 4.48. The number of unbranched alkanes of at least 4 members (excludes halogenated alkanes) is 11. The van der Waals surface area contributed by atoms with Crippen LogP contribution in [0.2, 0.25) is 0 Å². The fourth-order valence-corrected chi connectivity index (χ4v) is 2.57. The predicted molar refractivity (Wildman–Crippen MR) is 85.4 cm³/mol. The summed E-state index contributed by atoms with van der Waals surface area (Å²) in [6, 6.07) is 0. The van der Waals surface area contributed by atoms with Crippen LogP contribution in [0.1, 0.15) is 97.3 Å². The van der Waals surface area contributed by atoms with Crippen LogP contribution in [0, 0.1) is 5.21 Å². The van der Waals surface area contributed by atoms with E-state index in [0.717, 1.165) is 25.9 Å². The highest BCUT2D eigenvalue weighted by Crippen LogP contribution is 2.11. The summed E-state index contributed by atoms with van der Waals surface area (Å²) in [4.78, 5) is 0. The van der Waals surface area contributed by atoms with Gasteiger partial charge in [-0.05, 0) is 19.3 Å². The van der Waals surface area contributed by atoms with Crippen molar-refractivity contribution in [2.45, 2.75) is 97.3 Å². The van der Waals surface area contributed by atoms with Crippen LogP contribution >= 0.6 is 0 Å². The molecule has 0 aliphatic rings. The first-order valence-corrected chi connectivity index (χ1v) is 8.83. The maximum Gasteiger partial charge on any atom is 0.0768 e. The van der Waals surface area contributed by atoms with Crippen molar-refractivity contribution in [1.29, 1.82) is 0 Å². The smallest absolute Gasteiger partial charge is 0.0768 e. The second-order valence-electron chi connectivity index (χ2n) is 5.93. The molecular weight excluding hydrogens is 234 g/mol. The molecule has 0 radical (unpaired) electrons. The van der Waals surface area contributed by atoms with Gasteiger partial charge in [0.05, 0.1) is 13.1 Å². The van der Waals surface area contributed by atoms with E-state index in [1.165, 1.54) is 70.6 Å². The standard InChI is InChI=1S/C17H37NO/c1-3-5-6-7-8-9-10-11-12-13-14-15-17-18(19)16-4-2/h18H,3-17H2,1-2H3. The average molecular weight is 271 g/mol. The van der Waals surface area contributed by atoms with E-state index in [-0.39, 0.29) is 0 Å². The lowest BCUT2D eigenvalue weighted by molar-refractivity contribution is -0.848. The molecule has 0 saturated heterocycles. The Morgan fingerprint density at radius 1 is 0.526 bits per heavy atom. The zero-order valence-corrected chi connectivity index (χ0v) is 13.5. The summed E-state index contributed by atoms with van der Waals surface area (Å²) in [6.45, 7) is 5.97. The van der Waals surface area contributed by atoms with Crippen molar-refractivity contribution in [3.63, 3.8) is 0 Å². The van der Waals surface area contributed by atoms with E-state index in [1.54, 1.807) is 0 Å². The Morgan fingerprint density at radius 2 is 0.947 bits per heavy atom. The minimum Gasteiger partial charge on any atom is -0.634 e. The Morgan fingerprint density at radius 3 is 1.37 bits per heavy atom. The van der Waals surface area contributed by atoms with Gasteiger partial charge in [-0.2, -0.15) is 0 Å². The van der Waals surface area contributed by atoms with Gasteiger partial charge in [0.15, 0.2) is 0 Å². The molecule has 0 amide bonds. The quantitative estimate of drug-likeness (QED) is 0.345. The van der Waals surface area contributed by atoms with E-state index < -0.39 is 0 Å². The van der Waals surface area contributed by atoms with Gasteiger partial charge in [-0.15, -0.1) is 0 Å². The molecule has 0 aromatic carbocycles. The second kappa shape index (κ2) is 16.0. The number of quaternary nitrogens is 1. The minimum atomic E-state index is 0.467. The third-order valence-corrected chi connectivity index (χ3v) is 3.84. The van der Waals surface area contributed by atoms with Crippen molar-refractivity contribution in [3.8, 4) is 0 Å². The van der Waals surface area contributed by atoms with Crippen molar-refractivity contribution in [1.82, 2.24) is 0 Å². The lowest BCUT2D eigenvalue weighted by Gasteiger charge is -2.21. The van der Waals surface area contributed by atoms with Gasteiger partial charge in [0, 0.05) is 0 Å². The SMILES string of the molecule is CCCCCCCCCCCCCC[NH+]([O-])CCC. The fourth-order valence-electron chi connectivity index (χ4n) is 2.57. The summed E-state index contributed by atoms with van der Waals surface area (Å²) in [5.41, 5.74) is 0. The zero-order chi connectivity index (χ0) is 14.2. The largest absolute Gasteiger partial charge is 0.634 e. The van der Waals surface area contributed by atoms with E-state index in [2.05, 4.69) is 13.8 Å². The van der Waals surface area contributed by atoms with E-state index in [1.807, 2.05) is 0 Å². The second-order valence-corrected chi connectivity index (χ2v) is 5.93. The molecule has 0 fully saturated rings. The topological polar surface area (TPSA) is 27.5 Å². The molecule has 2 nitrogen and oxygen atoms in total.